The van der Waals surface area contributed by atoms with Gasteiger partial charge in [0, 0.05) is 18.3 Å². The summed E-state index contributed by atoms with van der Waals surface area (Å²) >= 11 is 0. The lowest BCUT2D eigenvalue weighted by Crippen LogP contribution is -2.38. The van der Waals surface area contributed by atoms with Crippen molar-refractivity contribution in [3.8, 4) is 0 Å². The van der Waals surface area contributed by atoms with Crippen LogP contribution in [0.3, 0.4) is 0 Å². The number of fused-ring (bicyclic) bond motifs is 1. The SMILES string of the molecule is CC(NC(=O)C1CCC2CCCCC2C1)c1ncc[nH]1. The van der Waals surface area contributed by atoms with Crippen LogP contribution in [-0.4, -0.2) is 15.9 Å². The van der Waals surface area contributed by atoms with Gasteiger partial charge in [0.1, 0.15) is 5.82 Å². The molecule has 0 spiro atoms. The summed E-state index contributed by atoms with van der Waals surface area (Å²) in [6.07, 6.45) is 12.4. The Bertz CT molecular complexity index is 443. The number of carbonyl (C=O) groups is 1. The summed E-state index contributed by atoms with van der Waals surface area (Å²) in [5.41, 5.74) is 0. The quantitative estimate of drug-likeness (QED) is 0.890. The molecular weight excluding hydrogens is 250 g/mol. The molecule has 1 heterocycles. The van der Waals surface area contributed by atoms with Crippen molar-refractivity contribution in [1.29, 1.82) is 0 Å². The molecule has 4 atom stereocenters. The Balaban J connectivity index is 1.55. The lowest BCUT2D eigenvalue weighted by atomic mass is 9.67. The number of rotatable bonds is 3. The summed E-state index contributed by atoms with van der Waals surface area (Å²) in [5, 5.41) is 3.11. The number of hydrogen-bond acceptors (Lipinski definition) is 2. The minimum Gasteiger partial charge on any atom is -0.347 e. The molecule has 2 aliphatic carbocycles. The zero-order valence-electron chi connectivity index (χ0n) is 12.3. The molecule has 0 aliphatic heterocycles. The smallest absolute Gasteiger partial charge is 0.223 e. The molecule has 20 heavy (non-hydrogen) atoms. The highest BCUT2D eigenvalue weighted by Gasteiger charge is 2.35. The molecule has 2 aliphatic rings. The molecule has 110 valence electrons. The fourth-order valence-electron chi connectivity index (χ4n) is 4.03. The van der Waals surface area contributed by atoms with Crippen molar-refractivity contribution >= 4 is 5.91 Å². The van der Waals surface area contributed by atoms with Gasteiger partial charge in [0.2, 0.25) is 5.91 Å². The van der Waals surface area contributed by atoms with Crippen LogP contribution >= 0.6 is 0 Å². The minimum absolute atomic E-state index is 0.0263. The van der Waals surface area contributed by atoms with Gasteiger partial charge in [0.05, 0.1) is 6.04 Å². The van der Waals surface area contributed by atoms with Gasteiger partial charge >= 0.3 is 0 Å². The number of hydrogen-bond donors (Lipinski definition) is 2. The maximum Gasteiger partial charge on any atom is 0.223 e. The summed E-state index contributed by atoms with van der Waals surface area (Å²) in [7, 11) is 0. The number of aromatic amines is 1. The van der Waals surface area contributed by atoms with Crippen molar-refractivity contribution in [2.24, 2.45) is 17.8 Å². The van der Waals surface area contributed by atoms with E-state index in [1.54, 1.807) is 12.4 Å². The van der Waals surface area contributed by atoms with Gasteiger partial charge in [-0.15, -0.1) is 0 Å². The highest BCUT2D eigenvalue weighted by Crippen LogP contribution is 2.42. The van der Waals surface area contributed by atoms with Crippen LogP contribution in [0, 0.1) is 17.8 Å². The van der Waals surface area contributed by atoms with E-state index in [9.17, 15) is 4.79 Å². The van der Waals surface area contributed by atoms with E-state index in [1.165, 1.54) is 32.1 Å². The van der Waals surface area contributed by atoms with Crippen molar-refractivity contribution in [3.63, 3.8) is 0 Å². The van der Waals surface area contributed by atoms with Crippen LogP contribution in [0.15, 0.2) is 12.4 Å². The van der Waals surface area contributed by atoms with Crippen molar-refractivity contribution in [1.82, 2.24) is 15.3 Å². The van der Waals surface area contributed by atoms with Gasteiger partial charge in [0.15, 0.2) is 0 Å². The van der Waals surface area contributed by atoms with Gasteiger partial charge in [-0.1, -0.05) is 25.7 Å². The number of nitrogens with zero attached hydrogens (tertiary/aromatic N) is 1. The number of amides is 1. The van der Waals surface area contributed by atoms with E-state index < -0.39 is 0 Å². The lowest BCUT2D eigenvalue weighted by Gasteiger charge is -2.38. The van der Waals surface area contributed by atoms with Crippen molar-refractivity contribution in [2.75, 3.05) is 0 Å². The Labute approximate surface area is 120 Å². The van der Waals surface area contributed by atoms with Gasteiger partial charge in [-0.25, -0.2) is 4.98 Å². The Morgan fingerprint density at radius 2 is 2.10 bits per heavy atom. The maximum absolute atomic E-state index is 12.4. The van der Waals surface area contributed by atoms with Gasteiger partial charge in [-0.05, 0) is 38.0 Å². The molecule has 0 saturated heterocycles. The van der Waals surface area contributed by atoms with Crippen molar-refractivity contribution in [2.45, 2.75) is 57.9 Å². The minimum atomic E-state index is -0.0263. The molecular formula is C16H25N3O. The van der Waals surface area contributed by atoms with Crippen molar-refractivity contribution < 1.29 is 4.79 Å². The zero-order chi connectivity index (χ0) is 13.9. The number of imidazole rings is 1. The van der Waals surface area contributed by atoms with E-state index in [4.69, 9.17) is 0 Å². The third-order valence-electron chi connectivity index (χ3n) is 5.20. The largest absolute Gasteiger partial charge is 0.347 e. The Hall–Kier alpha value is -1.32. The normalized spacial score (nSPS) is 31.4. The fourth-order valence-corrected chi connectivity index (χ4v) is 4.03. The van der Waals surface area contributed by atoms with Crippen LogP contribution in [0.4, 0.5) is 0 Å². The van der Waals surface area contributed by atoms with Crippen LogP contribution < -0.4 is 5.32 Å². The Morgan fingerprint density at radius 3 is 2.85 bits per heavy atom. The molecule has 1 amide bonds. The number of H-pyrrole nitrogens is 1. The summed E-state index contributed by atoms with van der Waals surface area (Å²) in [5.74, 6) is 2.97. The average Bonchev–Trinajstić information content (AvgIpc) is 3.01. The molecule has 4 heteroatoms. The topological polar surface area (TPSA) is 57.8 Å². The molecule has 1 aromatic heterocycles. The highest BCUT2D eigenvalue weighted by atomic mass is 16.1. The second-order valence-electron chi connectivity index (χ2n) is 6.52. The molecule has 0 radical (unpaired) electrons. The van der Waals surface area contributed by atoms with Crippen LogP contribution in [0.2, 0.25) is 0 Å². The van der Waals surface area contributed by atoms with Crippen LogP contribution in [-0.2, 0) is 4.79 Å². The van der Waals surface area contributed by atoms with Crippen LogP contribution in [0.5, 0.6) is 0 Å². The average molecular weight is 275 g/mol. The first-order valence-corrected chi connectivity index (χ1v) is 8.03. The monoisotopic (exact) mass is 275 g/mol. The van der Waals surface area contributed by atoms with Crippen LogP contribution in [0.25, 0.3) is 0 Å². The molecule has 3 rings (SSSR count). The first kappa shape index (κ1) is 13.7. The Kier molecular flexibility index (Phi) is 4.08. The fraction of sp³-hybridized carbons (Fsp3) is 0.750. The van der Waals surface area contributed by atoms with E-state index in [2.05, 4.69) is 15.3 Å². The third-order valence-corrected chi connectivity index (χ3v) is 5.20. The summed E-state index contributed by atoms with van der Waals surface area (Å²) in [6, 6.07) is -0.0263. The van der Waals surface area contributed by atoms with Gasteiger partial charge in [0.25, 0.3) is 0 Å². The van der Waals surface area contributed by atoms with E-state index in [0.717, 1.165) is 30.5 Å². The van der Waals surface area contributed by atoms with Gasteiger partial charge in [-0.3, -0.25) is 4.79 Å². The molecule has 0 bridgehead atoms. The highest BCUT2D eigenvalue weighted by molar-refractivity contribution is 5.79. The molecule has 2 N–H and O–H groups in total. The molecule has 2 fully saturated rings. The van der Waals surface area contributed by atoms with Gasteiger partial charge in [-0.2, -0.15) is 0 Å². The molecule has 2 saturated carbocycles. The number of nitrogens with one attached hydrogen (secondary N) is 2. The summed E-state index contributed by atoms with van der Waals surface area (Å²) in [6.45, 7) is 1.99. The maximum atomic E-state index is 12.4. The first-order valence-electron chi connectivity index (χ1n) is 8.03. The third kappa shape index (κ3) is 2.89. The standard InChI is InChI=1S/C16H25N3O/c1-11(15-17-8-9-18-15)19-16(20)14-7-6-12-4-2-3-5-13(12)10-14/h8-9,11-14H,2-7,10H2,1H3,(H,17,18)(H,19,20). The number of aromatic nitrogens is 2. The van der Waals surface area contributed by atoms with Crippen LogP contribution in [0.1, 0.15) is 63.7 Å². The Morgan fingerprint density at radius 1 is 1.30 bits per heavy atom. The predicted molar refractivity (Wildman–Crippen MR) is 77.9 cm³/mol. The van der Waals surface area contributed by atoms with E-state index in [0.29, 0.717) is 0 Å². The van der Waals surface area contributed by atoms with Gasteiger partial charge < -0.3 is 10.3 Å². The molecule has 4 unspecified atom stereocenters. The summed E-state index contributed by atoms with van der Waals surface area (Å²) in [4.78, 5) is 19.7. The molecule has 1 aromatic rings. The van der Waals surface area contributed by atoms with E-state index in [1.807, 2.05) is 6.92 Å². The molecule has 0 aromatic carbocycles. The zero-order valence-corrected chi connectivity index (χ0v) is 12.3. The first-order chi connectivity index (χ1) is 9.74. The van der Waals surface area contributed by atoms with E-state index >= 15 is 0 Å². The molecule has 4 nitrogen and oxygen atoms in total. The summed E-state index contributed by atoms with van der Waals surface area (Å²) < 4.78 is 0. The second-order valence-corrected chi connectivity index (χ2v) is 6.52. The lowest BCUT2D eigenvalue weighted by molar-refractivity contribution is -0.128. The number of carbonyl (C=O) groups excluding carboxylic acids is 1. The van der Waals surface area contributed by atoms with E-state index in [-0.39, 0.29) is 17.9 Å². The second kappa shape index (κ2) is 5.98. The van der Waals surface area contributed by atoms with Crippen molar-refractivity contribution in [3.05, 3.63) is 18.2 Å². The predicted octanol–water partition coefficient (Wildman–Crippen LogP) is 3.19.